The maximum Gasteiger partial charge on any atom is 0.242 e. The second-order valence-corrected chi connectivity index (χ2v) is 10.2. The van der Waals surface area contributed by atoms with Crippen LogP contribution in [0.4, 0.5) is 5.69 Å². The van der Waals surface area contributed by atoms with Crippen LogP contribution >= 0.6 is 0 Å². The van der Waals surface area contributed by atoms with Gasteiger partial charge in [0.1, 0.15) is 17.5 Å². The van der Waals surface area contributed by atoms with Crippen molar-refractivity contribution in [2.45, 2.75) is 45.7 Å². The van der Waals surface area contributed by atoms with Crippen LogP contribution in [0.5, 0.6) is 11.5 Å². The molecular formula is C26H37N3O6S. The number of anilines is 1. The van der Waals surface area contributed by atoms with E-state index in [1.165, 1.54) is 11.4 Å². The third-order valence-electron chi connectivity index (χ3n) is 5.74. The summed E-state index contributed by atoms with van der Waals surface area (Å²) in [7, 11) is -0.455. The zero-order valence-corrected chi connectivity index (χ0v) is 22.5. The van der Waals surface area contributed by atoms with E-state index < -0.39 is 16.1 Å². The van der Waals surface area contributed by atoms with Crippen molar-refractivity contribution in [3.8, 4) is 11.5 Å². The average molecular weight is 520 g/mol. The molecule has 2 aromatic rings. The lowest BCUT2D eigenvalue weighted by atomic mass is 10.1. The second-order valence-electron chi connectivity index (χ2n) is 8.33. The predicted octanol–water partition coefficient (Wildman–Crippen LogP) is 3.19. The van der Waals surface area contributed by atoms with Crippen molar-refractivity contribution in [2.24, 2.45) is 0 Å². The number of sulfonamides is 1. The van der Waals surface area contributed by atoms with Gasteiger partial charge in [0, 0.05) is 26.1 Å². The second kappa shape index (κ2) is 13.7. The Morgan fingerprint density at radius 1 is 1.00 bits per heavy atom. The predicted molar refractivity (Wildman–Crippen MR) is 141 cm³/mol. The SMILES string of the molecule is CCNC(=O)[C@@H](CC)N(Cc1cccc(OC)c1)C(=O)CCCN(c1ccc(OC)cc1)S(C)(=O)=O. The molecule has 0 heterocycles. The third-order valence-corrected chi connectivity index (χ3v) is 6.93. The zero-order chi connectivity index (χ0) is 26.7. The molecule has 10 heteroatoms. The van der Waals surface area contributed by atoms with E-state index in [4.69, 9.17) is 9.47 Å². The number of methoxy groups -OCH3 is 2. The number of rotatable bonds is 14. The molecule has 0 aliphatic carbocycles. The Bertz CT molecular complexity index is 1100. The molecule has 0 saturated heterocycles. The molecular weight excluding hydrogens is 482 g/mol. The van der Waals surface area contributed by atoms with E-state index in [9.17, 15) is 18.0 Å². The summed E-state index contributed by atoms with van der Waals surface area (Å²) in [6.45, 7) is 4.52. The zero-order valence-electron chi connectivity index (χ0n) is 21.7. The molecule has 0 saturated carbocycles. The monoisotopic (exact) mass is 519 g/mol. The van der Waals surface area contributed by atoms with E-state index in [-0.39, 0.29) is 31.3 Å². The van der Waals surface area contributed by atoms with Gasteiger partial charge < -0.3 is 19.7 Å². The number of amides is 2. The summed E-state index contributed by atoms with van der Waals surface area (Å²) in [5, 5.41) is 2.81. The van der Waals surface area contributed by atoms with Gasteiger partial charge in [0.25, 0.3) is 0 Å². The first-order valence-corrected chi connectivity index (χ1v) is 13.8. The molecule has 2 rings (SSSR count). The first-order valence-electron chi connectivity index (χ1n) is 12.0. The van der Waals surface area contributed by atoms with Gasteiger partial charge in [-0.1, -0.05) is 19.1 Å². The first-order chi connectivity index (χ1) is 17.1. The van der Waals surface area contributed by atoms with E-state index in [2.05, 4.69) is 5.32 Å². The smallest absolute Gasteiger partial charge is 0.242 e. The van der Waals surface area contributed by atoms with Crippen molar-refractivity contribution in [3.05, 3.63) is 54.1 Å². The van der Waals surface area contributed by atoms with E-state index >= 15 is 0 Å². The molecule has 36 heavy (non-hydrogen) atoms. The van der Waals surface area contributed by atoms with Crippen LogP contribution in [0.25, 0.3) is 0 Å². The lowest BCUT2D eigenvalue weighted by molar-refractivity contribution is -0.141. The van der Waals surface area contributed by atoms with Crippen molar-refractivity contribution in [2.75, 3.05) is 37.9 Å². The van der Waals surface area contributed by atoms with E-state index in [1.54, 1.807) is 36.3 Å². The van der Waals surface area contributed by atoms with Gasteiger partial charge in [0.2, 0.25) is 21.8 Å². The maximum absolute atomic E-state index is 13.4. The number of nitrogens with zero attached hydrogens (tertiary/aromatic N) is 2. The number of hydrogen-bond acceptors (Lipinski definition) is 6. The minimum absolute atomic E-state index is 0.0854. The van der Waals surface area contributed by atoms with Gasteiger partial charge >= 0.3 is 0 Å². The van der Waals surface area contributed by atoms with Crippen LogP contribution in [-0.2, 0) is 26.2 Å². The number of ether oxygens (including phenoxy) is 2. The molecule has 0 aliphatic heterocycles. The molecule has 1 N–H and O–H groups in total. The Morgan fingerprint density at radius 2 is 1.67 bits per heavy atom. The van der Waals surface area contributed by atoms with Crippen LogP contribution < -0.4 is 19.1 Å². The fourth-order valence-corrected chi connectivity index (χ4v) is 4.90. The lowest BCUT2D eigenvalue weighted by Gasteiger charge is -2.31. The molecule has 0 bridgehead atoms. The van der Waals surface area contributed by atoms with Gasteiger partial charge in [-0.05, 0) is 61.7 Å². The molecule has 0 radical (unpaired) electrons. The Hall–Kier alpha value is -3.27. The molecule has 2 aromatic carbocycles. The van der Waals surface area contributed by atoms with Crippen molar-refractivity contribution < 1.29 is 27.5 Å². The number of benzene rings is 2. The van der Waals surface area contributed by atoms with Crippen molar-refractivity contribution >= 4 is 27.5 Å². The van der Waals surface area contributed by atoms with Gasteiger partial charge in [0.05, 0.1) is 26.2 Å². The van der Waals surface area contributed by atoms with Crippen LogP contribution in [-0.4, -0.2) is 64.7 Å². The van der Waals surface area contributed by atoms with Gasteiger partial charge in [-0.15, -0.1) is 0 Å². The summed E-state index contributed by atoms with van der Waals surface area (Å²) in [5.41, 5.74) is 1.33. The largest absolute Gasteiger partial charge is 0.497 e. The normalized spacial score (nSPS) is 11.9. The van der Waals surface area contributed by atoms with Gasteiger partial charge in [0.15, 0.2) is 0 Å². The summed E-state index contributed by atoms with van der Waals surface area (Å²) in [5.74, 6) is 0.840. The minimum atomic E-state index is -3.56. The highest BCUT2D eigenvalue weighted by Crippen LogP contribution is 2.23. The molecule has 0 aromatic heterocycles. The molecule has 0 unspecified atom stereocenters. The molecule has 0 fully saturated rings. The Labute approximate surface area is 214 Å². The quantitative estimate of drug-likeness (QED) is 0.411. The fourth-order valence-electron chi connectivity index (χ4n) is 3.93. The van der Waals surface area contributed by atoms with Crippen molar-refractivity contribution in [1.82, 2.24) is 10.2 Å². The Kier molecular flexibility index (Phi) is 11.0. The summed E-state index contributed by atoms with van der Waals surface area (Å²) in [6, 6.07) is 13.4. The molecule has 0 spiro atoms. The Balaban J connectivity index is 2.21. The van der Waals surface area contributed by atoms with Gasteiger partial charge in [-0.2, -0.15) is 0 Å². The molecule has 0 aliphatic rings. The molecule has 9 nitrogen and oxygen atoms in total. The maximum atomic E-state index is 13.4. The summed E-state index contributed by atoms with van der Waals surface area (Å²) in [6.07, 6.45) is 1.96. The topological polar surface area (TPSA) is 105 Å². The highest BCUT2D eigenvalue weighted by molar-refractivity contribution is 7.92. The van der Waals surface area contributed by atoms with E-state index in [1.807, 2.05) is 38.1 Å². The lowest BCUT2D eigenvalue weighted by Crippen LogP contribution is -2.49. The standard InChI is InChI=1S/C26H37N3O6S/c1-6-24(26(31)27-7-2)28(19-20-10-8-11-23(18-20)35-4)25(30)12-9-17-29(36(5,32)33)21-13-15-22(34-3)16-14-21/h8,10-11,13-16,18,24H,6-7,9,12,17,19H2,1-5H3,(H,27,31)/t24-/m1/s1. The highest BCUT2D eigenvalue weighted by Gasteiger charge is 2.28. The number of hydrogen-bond donors (Lipinski definition) is 1. The summed E-state index contributed by atoms with van der Waals surface area (Å²) >= 11 is 0. The summed E-state index contributed by atoms with van der Waals surface area (Å²) in [4.78, 5) is 27.7. The van der Waals surface area contributed by atoms with Crippen LogP contribution in [0.2, 0.25) is 0 Å². The first kappa shape index (κ1) is 29.0. The number of carbonyl (C=O) groups is 2. The van der Waals surface area contributed by atoms with Crippen LogP contribution in [0.3, 0.4) is 0 Å². The fraction of sp³-hybridized carbons (Fsp3) is 0.462. The van der Waals surface area contributed by atoms with Gasteiger partial charge in [-0.25, -0.2) is 8.42 Å². The van der Waals surface area contributed by atoms with E-state index in [0.717, 1.165) is 11.8 Å². The van der Waals surface area contributed by atoms with Gasteiger partial charge in [-0.3, -0.25) is 13.9 Å². The average Bonchev–Trinajstić information content (AvgIpc) is 2.86. The minimum Gasteiger partial charge on any atom is -0.497 e. The van der Waals surface area contributed by atoms with Crippen LogP contribution in [0.1, 0.15) is 38.7 Å². The van der Waals surface area contributed by atoms with Crippen molar-refractivity contribution in [3.63, 3.8) is 0 Å². The molecule has 1 atom stereocenters. The number of carbonyl (C=O) groups excluding carboxylic acids is 2. The molecule has 198 valence electrons. The van der Waals surface area contributed by atoms with E-state index in [0.29, 0.717) is 36.6 Å². The Morgan fingerprint density at radius 3 is 2.22 bits per heavy atom. The summed E-state index contributed by atoms with van der Waals surface area (Å²) < 4.78 is 36.6. The number of nitrogens with one attached hydrogen (secondary N) is 1. The number of likely N-dealkylation sites (N-methyl/N-ethyl adjacent to an activating group) is 1. The van der Waals surface area contributed by atoms with Crippen LogP contribution in [0, 0.1) is 0 Å². The highest BCUT2D eigenvalue weighted by atomic mass is 32.2. The molecule has 2 amide bonds. The van der Waals surface area contributed by atoms with Crippen molar-refractivity contribution in [1.29, 1.82) is 0 Å². The van der Waals surface area contributed by atoms with Crippen LogP contribution in [0.15, 0.2) is 48.5 Å². The third kappa shape index (κ3) is 8.15.